The third-order valence-electron chi connectivity index (χ3n) is 3.43. The Labute approximate surface area is 127 Å². The van der Waals surface area contributed by atoms with Crippen LogP contribution in [0.3, 0.4) is 0 Å². The zero-order valence-electron chi connectivity index (χ0n) is 13.2. The molecule has 1 unspecified atom stereocenters. The molecule has 0 radical (unpaired) electrons. The van der Waals surface area contributed by atoms with E-state index in [1.54, 1.807) is 19.2 Å². The van der Waals surface area contributed by atoms with Gasteiger partial charge in [-0.3, -0.25) is 0 Å². The van der Waals surface area contributed by atoms with Gasteiger partial charge < -0.3 is 14.8 Å². The van der Waals surface area contributed by atoms with Crippen LogP contribution >= 0.6 is 0 Å². The minimum atomic E-state index is -0.159. The SMILES string of the molecule is CCOCCCC(CNCCOC)Cc1cccc(F)c1. The molecular weight excluding hydrogens is 269 g/mol. The van der Waals surface area contributed by atoms with Crippen molar-refractivity contribution in [1.82, 2.24) is 5.32 Å². The molecule has 4 heteroatoms. The summed E-state index contributed by atoms with van der Waals surface area (Å²) in [6.07, 6.45) is 3.01. The van der Waals surface area contributed by atoms with Gasteiger partial charge in [0.15, 0.2) is 0 Å². The quantitative estimate of drug-likeness (QED) is 0.602. The maximum Gasteiger partial charge on any atom is 0.123 e. The molecule has 0 aromatic heterocycles. The maximum absolute atomic E-state index is 13.3. The summed E-state index contributed by atoms with van der Waals surface area (Å²) in [7, 11) is 1.70. The second-order valence-corrected chi connectivity index (χ2v) is 5.24. The van der Waals surface area contributed by atoms with Crippen LogP contribution in [0.4, 0.5) is 4.39 Å². The molecule has 0 saturated heterocycles. The Hall–Kier alpha value is -0.970. The predicted octanol–water partition coefficient (Wildman–Crippen LogP) is 3.04. The fraction of sp³-hybridized carbons (Fsp3) is 0.647. The van der Waals surface area contributed by atoms with E-state index in [-0.39, 0.29) is 5.82 Å². The standard InChI is InChI=1S/C17H28FNO2/c1-3-21-10-5-7-16(14-19-9-11-20-2)12-15-6-4-8-17(18)13-15/h4,6,8,13,16,19H,3,5,7,9-12,14H2,1-2H3. The largest absolute Gasteiger partial charge is 0.383 e. The Bertz CT molecular complexity index is 362. The number of hydrogen-bond acceptors (Lipinski definition) is 3. The van der Waals surface area contributed by atoms with Crippen molar-refractivity contribution in [3.8, 4) is 0 Å². The molecule has 1 aromatic rings. The fourth-order valence-electron chi connectivity index (χ4n) is 2.37. The fourth-order valence-corrected chi connectivity index (χ4v) is 2.37. The van der Waals surface area contributed by atoms with Crippen LogP contribution in [0.1, 0.15) is 25.3 Å². The van der Waals surface area contributed by atoms with Crippen LogP contribution in [-0.4, -0.2) is 40.0 Å². The van der Waals surface area contributed by atoms with E-state index in [4.69, 9.17) is 9.47 Å². The van der Waals surface area contributed by atoms with Crippen LogP contribution in [0.25, 0.3) is 0 Å². The van der Waals surface area contributed by atoms with E-state index in [0.717, 1.165) is 51.1 Å². The highest BCUT2D eigenvalue weighted by molar-refractivity contribution is 5.16. The molecule has 0 amide bonds. The first-order valence-electron chi connectivity index (χ1n) is 7.78. The summed E-state index contributed by atoms with van der Waals surface area (Å²) >= 11 is 0. The van der Waals surface area contributed by atoms with Crippen molar-refractivity contribution in [1.29, 1.82) is 0 Å². The highest BCUT2D eigenvalue weighted by Gasteiger charge is 2.10. The van der Waals surface area contributed by atoms with Crippen LogP contribution in [0, 0.1) is 11.7 Å². The lowest BCUT2D eigenvalue weighted by molar-refractivity contribution is 0.139. The van der Waals surface area contributed by atoms with Crippen molar-refractivity contribution in [2.24, 2.45) is 5.92 Å². The summed E-state index contributed by atoms with van der Waals surface area (Å²) < 4.78 is 23.7. The molecule has 21 heavy (non-hydrogen) atoms. The summed E-state index contributed by atoms with van der Waals surface area (Å²) in [5.74, 6) is 0.331. The van der Waals surface area contributed by atoms with Crippen LogP contribution in [0.2, 0.25) is 0 Å². The molecule has 1 atom stereocenters. The number of nitrogens with one attached hydrogen (secondary N) is 1. The molecule has 0 spiro atoms. The van der Waals surface area contributed by atoms with E-state index in [0.29, 0.717) is 12.5 Å². The predicted molar refractivity (Wildman–Crippen MR) is 84.1 cm³/mol. The smallest absolute Gasteiger partial charge is 0.123 e. The number of ether oxygens (including phenoxy) is 2. The van der Waals surface area contributed by atoms with Gasteiger partial charge in [-0.05, 0) is 56.3 Å². The van der Waals surface area contributed by atoms with Gasteiger partial charge in [0, 0.05) is 26.9 Å². The van der Waals surface area contributed by atoms with Crippen molar-refractivity contribution in [2.75, 3.05) is 40.0 Å². The van der Waals surface area contributed by atoms with Crippen molar-refractivity contribution in [3.05, 3.63) is 35.6 Å². The van der Waals surface area contributed by atoms with E-state index < -0.39 is 0 Å². The van der Waals surface area contributed by atoms with Crippen LogP contribution in [0.5, 0.6) is 0 Å². The van der Waals surface area contributed by atoms with Gasteiger partial charge in [0.2, 0.25) is 0 Å². The molecule has 120 valence electrons. The lowest BCUT2D eigenvalue weighted by Crippen LogP contribution is -2.27. The molecule has 1 aromatic carbocycles. The third kappa shape index (κ3) is 8.81. The summed E-state index contributed by atoms with van der Waals surface area (Å²) in [6.45, 7) is 6.06. The van der Waals surface area contributed by atoms with Gasteiger partial charge in [0.25, 0.3) is 0 Å². The molecule has 0 fully saturated rings. The van der Waals surface area contributed by atoms with Gasteiger partial charge in [0.1, 0.15) is 5.82 Å². The van der Waals surface area contributed by atoms with E-state index in [9.17, 15) is 4.39 Å². The van der Waals surface area contributed by atoms with Gasteiger partial charge in [-0.1, -0.05) is 12.1 Å². The molecule has 0 aliphatic heterocycles. The average molecular weight is 297 g/mol. The average Bonchev–Trinajstić information content (AvgIpc) is 2.48. The number of halogens is 1. The Morgan fingerprint density at radius 3 is 2.86 bits per heavy atom. The number of methoxy groups -OCH3 is 1. The van der Waals surface area contributed by atoms with Crippen molar-refractivity contribution in [2.45, 2.75) is 26.2 Å². The van der Waals surface area contributed by atoms with Gasteiger partial charge in [-0.15, -0.1) is 0 Å². The summed E-state index contributed by atoms with van der Waals surface area (Å²) in [5.41, 5.74) is 1.06. The second-order valence-electron chi connectivity index (χ2n) is 5.24. The minimum absolute atomic E-state index is 0.159. The van der Waals surface area contributed by atoms with Crippen LogP contribution in [-0.2, 0) is 15.9 Å². The van der Waals surface area contributed by atoms with Gasteiger partial charge >= 0.3 is 0 Å². The van der Waals surface area contributed by atoms with Gasteiger partial charge in [-0.25, -0.2) is 4.39 Å². The number of rotatable bonds is 12. The monoisotopic (exact) mass is 297 g/mol. The van der Waals surface area contributed by atoms with Crippen LogP contribution in [0.15, 0.2) is 24.3 Å². The third-order valence-corrected chi connectivity index (χ3v) is 3.43. The van der Waals surface area contributed by atoms with E-state index in [2.05, 4.69) is 5.32 Å². The molecule has 0 saturated carbocycles. The molecule has 1 rings (SSSR count). The number of hydrogen-bond donors (Lipinski definition) is 1. The lowest BCUT2D eigenvalue weighted by Gasteiger charge is -2.18. The summed E-state index contributed by atoms with van der Waals surface area (Å²) in [5, 5.41) is 3.40. The maximum atomic E-state index is 13.3. The Balaban J connectivity index is 2.41. The molecule has 0 bridgehead atoms. The van der Waals surface area contributed by atoms with Gasteiger partial charge in [0.05, 0.1) is 6.61 Å². The Morgan fingerprint density at radius 2 is 2.14 bits per heavy atom. The normalized spacial score (nSPS) is 12.5. The van der Waals surface area contributed by atoms with E-state index in [1.807, 2.05) is 13.0 Å². The lowest BCUT2D eigenvalue weighted by atomic mass is 9.94. The first-order chi connectivity index (χ1) is 10.3. The summed E-state index contributed by atoms with van der Waals surface area (Å²) in [4.78, 5) is 0. The van der Waals surface area contributed by atoms with Crippen molar-refractivity contribution >= 4 is 0 Å². The molecule has 0 heterocycles. The molecule has 0 aliphatic carbocycles. The highest BCUT2D eigenvalue weighted by atomic mass is 19.1. The second kappa shape index (κ2) is 11.7. The molecular formula is C17H28FNO2. The highest BCUT2D eigenvalue weighted by Crippen LogP contribution is 2.15. The van der Waals surface area contributed by atoms with Crippen molar-refractivity contribution in [3.63, 3.8) is 0 Å². The topological polar surface area (TPSA) is 30.5 Å². The molecule has 3 nitrogen and oxygen atoms in total. The number of benzene rings is 1. The first-order valence-corrected chi connectivity index (χ1v) is 7.78. The van der Waals surface area contributed by atoms with E-state index >= 15 is 0 Å². The Kier molecular flexibility index (Phi) is 10.0. The minimum Gasteiger partial charge on any atom is -0.383 e. The molecule has 0 aliphatic rings. The summed E-state index contributed by atoms with van der Waals surface area (Å²) in [6, 6.07) is 6.89. The van der Waals surface area contributed by atoms with Gasteiger partial charge in [-0.2, -0.15) is 0 Å². The van der Waals surface area contributed by atoms with Crippen LogP contribution < -0.4 is 5.32 Å². The zero-order valence-corrected chi connectivity index (χ0v) is 13.2. The van der Waals surface area contributed by atoms with Crippen molar-refractivity contribution < 1.29 is 13.9 Å². The Morgan fingerprint density at radius 1 is 1.29 bits per heavy atom. The molecule has 1 N–H and O–H groups in total. The first kappa shape index (κ1) is 18.1. The van der Waals surface area contributed by atoms with E-state index in [1.165, 1.54) is 6.07 Å². The zero-order chi connectivity index (χ0) is 15.3.